The lowest BCUT2D eigenvalue weighted by atomic mass is 10.2. The minimum atomic E-state index is 0.212. The molecule has 3 nitrogen and oxygen atoms in total. The van der Waals surface area contributed by atoms with Crippen LogP contribution in [-0.2, 0) is 9.47 Å². The minimum Gasteiger partial charge on any atom is -0.475 e. The average Bonchev–Trinajstić information content (AvgIpc) is 2.99. The number of epoxide rings is 1. The van der Waals surface area contributed by atoms with Gasteiger partial charge in [-0.2, -0.15) is 0 Å². The topological polar surface area (TPSA) is 45.6 Å². The largest absolute Gasteiger partial charge is 0.475 e. The van der Waals surface area contributed by atoms with E-state index >= 15 is 0 Å². The summed E-state index contributed by atoms with van der Waals surface area (Å²) in [5, 5.41) is 7.57. The molecule has 0 spiro atoms. The molecule has 1 N–H and O–H groups in total. The Hall–Kier alpha value is -1.35. The zero-order chi connectivity index (χ0) is 9.10. The molecule has 13 heavy (non-hydrogen) atoms. The molecule has 0 saturated carbocycles. The molecule has 1 saturated heterocycles. The molecule has 0 radical (unpaired) electrons. The van der Waals surface area contributed by atoms with E-state index in [2.05, 4.69) is 0 Å². The molecule has 0 bridgehead atoms. The van der Waals surface area contributed by atoms with Gasteiger partial charge in [-0.05, 0) is 12.1 Å². The molecule has 1 aliphatic heterocycles. The van der Waals surface area contributed by atoms with Crippen LogP contribution in [0.15, 0.2) is 30.3 Å². The highest BCUT2D eigenvalue weighted by Gasteiger charge is 2.23. The molecule has 2 rings (SSSR count). The Bertz CT molecular complexity index is 293. The van der Waals surface area contributed by atoms with Crippen LogP contribution >= 0.6 is 0 Å². The number of hydrogen-bond acceptors (Lipinski definition) is 3. The van der Waals surface area contributed by atoms with Crippen LogP contribution in [0.5, 0.6) is 0 Å². The summed E-state index contributed by atoms with van der Waals surface area (Å²) in [6.07, 6.45) is 0.212. The fraction of sp³-hybridized carbons (Fsp3) is 0.300. The summed E-state index contributed by atoms with van der Waals surface area (Å²) < 4.78 is 10.2. The smallest absolute Gasteiger partial charge is 0.213 e. The van der Waals surface area contributed by atoms with Gasteiger partial charge in [0, 0.05) is 5.56 Å². The molecule has 1 fully saturated rings. The molecule has 68 valence electrons. The van der Waals surface area contributed by atoms with Gasteiger partial charge >= 0.3 is 0 Å². The van der Waals surface area contributed by atoms with Crippen molar-refractivity contribution in [2.75, 3.05) is 13.2 Å². The summed E-state index contributed by atoms with van der Waals surface area (Å²) in [6.45, 7) is 1.26. The average molecular weight is 177 g/mol. The molecule has 3 heteroatoms. The van der Waals surface area contributed by atoms with Gasteiger partial charge in [-0.15, -0.1) is 0 Å². The van der Waals surface area contributed by atoms with Crippen LogP contribution in [-0.4, -0.2) is 25.2 Å². The normalized spacial score (nSPS) is 19.5. The van der Waals surface area contributed by atoms with Crippen molar-refractivity contribution in [3.63, 3.8) is 0 Å². The second-order valence-electron chi connectivity index (χ2n) is 2.96. The lowest BCUT2D eigenvalue weighted by Gasteiger charge is -2.04. The summed E-state index contributed by atoms with van der Waals surface area (Å²) >= 11 is 0. The van der Waals surface area contributed by atoms with Crippen LogP contribution < -0.4 is 0 Å². The Morgan fingerprint density at radius 3 is 2.77 bits per heavy atom. The van der Waals surface area contributed by atoms with Crippen LogP contribution in [0.1, 0.15) is 5.56 Å². The Kier molecular flexibility index (Phi) is 2.27. The third-order valence-electron chi connectivity index (χ3n) is 1.85. The quantitative estimate of drug-likeness (QED) is 0.431. The molecule has 0 amide bonds. The van der Waals surface area contributed by atoms with Crippen molar-refractivity contribution in [3.05, 3.63) is 35.9 Å². The summed E-state index contributed by atoms with van der Waals surface area (Å²) in [6, 6.07) is 9.41. The van der Waals surface area contributed by atoms with Gasteiger partial charge in [0.1, 0.15) is 12.7 Å². The standard InChI is InChI=1S/C10H11NO2/c11-10(13-7-9-6-12-9)8-4-2-1-3-5-8/h1-5,9,11H,6-7H2. The van der Waals surface area contributed by atoms with Crippen LogP contribution in [0.3, 0.4) is 0 Å². The number of hydrogen-bond donors (Lipinski definition) is 1. The van der Waals surface area contributed by atoms with E-state index in [0.717, 1.165) is 12.2 Å². The maximum Gasteiger partial charge on any atom is 0.213 e. The number of rotatable bonds is 3. The van der Waals surface area contributed by atoms with E-state index in [4.69, 9.17) is 14.9 Å². The van der Waals surface area contributed by atoms with E-state index in [9.17, 15) is 0 Å². The van der Waals surface area contributed by atoms with Gasteiger partial charge in [0.05, 0.1) is 6.61 Å². The van der Waals surface area contributed by atoms with Crippen molar-refractivity contribution in [2.45, 2.75) is 6.10 Å². The first kappa shape index (κ1) is 8.26. The van der Waals surface area contributed by atoms with Crippen LogP contribution in [0.25, 0.3) is 0 Å². The van der Waals surface area contributed by atoms with Gasteiger partial charge in [-0.25, -0.2) is 0 Å². The fourth-order valence-electron chi connectivity index (χ4n) is 1.01. The second-order valence-corrected chi connectivity index (χ2v) is 2.96. The molecule has 1 aromatic carbocycles. The van der Waals surface area contributed by atoms with Crippen molar-refractivity contribution >= 4 is 5.90 Å². The van der Waals surface area contributed by atoms with E-state index in [1.54, 1.807) is 0 Å². The highest BCUT2D eigenvalue weighted by atomic mass is 16.6. The molecule has 1 atom stereocenters. The van der Waals surface area contributed by atoms with Crippen LogP contribution in [0.4, 0.5) is 0 Å². The van der Waals surface area contributed by atoms with Crippen molar-refractivity contribution in [2.24, 2.45) is 0 Å². The monoisotopic (exact) mass is 177 g/mol. The van der Waals surface area contributed by atoms with E-state index in [1.807, 2.05) is 30.3 Å². The molecule has 1 aromatic rings. The predicted octanol–water partition coefficient (Wildman–Crippen LogP) is 1.43. The Balaban J connectivity index is 1.89. The first-order valence-corrected chi connectivity index (χ1v) is 4.24. The van der Waals surface area contributed by atoms with Gasteiger partial charge in [0.25, 0.3) is 0 Å². The van der Waals surface area contributed by atoms with Crippen LogP contribution in [0.2, 0.25) is 0 Å². The number of nitrogens with one attached hydrogen (secondary N) is 1. The molecule has 1 aliphatic rings. The fourth-order valence-corrected chi connectivity index (χ4v) is 1.01. The van der Waals surface area contributed by atoms with Gasteiger partial charge in [-0.1, -0.05) is 18.2 Å². The Labute approximate surface area is 76.8 Å². The second kappa shape index (κ2) is 3.58. The summed E-state index contributed by atoms with van der Waals surface area (Å²) in [7, 11) is 0. The molecule has 0 aromatic heterocycles. The third kappa shape index (κ3) is 2.29. The molecule has 1 unspecified atom stereocenters. The van der Waals surface area contributed by atoms with E-state index in [1.165, 1.54) is 0 Å². The van der Waals surface area contributed by atoms with Crippen LogP contribution in [0, 0.1) is 5.41 Å². The van der Waals surface area contributed by atoms with Gasteiger partial charge in [0.15, 0.2) is 0 Å². The highest BCUT2D eigenvalue weighted by Crippen LogP contribution is 2.10. The first-order chi connectivity index (χ1) is 6.36. The molecular weight excluding hydrogens is 166 g/mol. The van der Waals surface area contributed by atoms with Crippen molar-refractivity contribution in [3.8, 4) is 0 Å². The van der Waals surface area contributed by atoms with Gasteiger partial charge in [-0.3, -0.25) is 5.41 Å². The summed E-state index contributed by atoms with van der Waals surface area (Å²) in [4.78, 5) is 0. The maximum atomic E-state index is 7.57. The van der Waals surface area contributed by atoms with E-state index < -0.39 is 0 Å². The summed E-state index contributed by atoms with van der Waals surface area (Å²) in [5.74, 6) is 0.219. The Morgan fingerprint density at radius 2 is 2.15 bits per heavy atom. The van der Waals surface area contributed by atoms with Crippen molar-refractivity contribution in [1.82, 2.24) is 0 Å². The molecular formula is C10H11NO2. The van der Waals surface area contributed by atoms with E-state index in [0.29, 0.717) is 6.61 Å². The zero-order valence-electron chi connectivity index (χ0n) is 7.19. The third-order valence-corrected chi connectivity index (χ3v) is 1.85. The lowest BCUT2D eigenvalue weighted by molar-refractivity contribution is 0.252. The SMILES string of the molecule is N=C(OCC1CO1)c1ccccc1. The first-order valence-electron chi connectivity index (χ1n) is 4.24. The zero-order valence-corrected chi connectivity index (χ0v) is 7.19. The highest BCUT2D eigenvalue weighted by molar-refractivity contribution is 5.91. The predicted molar refractivity (Wildman–Crippen MR) is 49.0 cm³/mol. The minimum absolute atomic E-state index is 0.212. The molecule has 0 aliphatic carbocycles. The summed E-state index contributed by atoms with van der Waals surface area (Å²) in [5.41, 5.74) is 0.808. The molecule has 1 heterocycles. The number of benzene rings is 1. The maximum absolute atomic E-state index is 7.57. The van der Waals surface area contributed by atoms with Crippen molar-refractivity contribution in [1.29, 1.82) is 5.41 Å². The van der Waals surface area contributed by atoms with Gasteiger partial charge < -0.3 is 9.47 Å². The Morgan fingerprint density at radius 1 is 1.46 bits per heavy atom. The lowest BCUT2D eigenvalue weighted by Crippen LogP contribution is -2.09. The van der Waals surface area contributed by atoms with Crippen molar-refractivity contribution < 1.29 is 9.47 Å². The van der Waals surface area contributed by atoms with E-state index in [-0.39, 0.29) is 12.0 Å². The number of ether oxygens (including phenoxy) is 2. The van der Waals surface area contributed by atoms with Gasteiger partial charge in [0.2, 0.25) is 5.90 Å².